The summed E-state index contributed by atoms with van der Waals surface area (Å²) >= 11 is 0. The molecule has 0 bridgehead atoms. The van der Waals surface area contributed by atoms with Gasteiger partial charge in [0.25, 0.3) is 11.8 Å². The van der Waals surface area contributed by atoms with Crippen molar-refractivity contribution in [2.75, 3.05) is 0 Å². The van der Waals surface area contributed by atoms with E-state index >= 15 is 0 Å². The molecule has 0 saturated carbocycles. The summed E-state index contributed by atoms with van der Waals surface area (Å²) in [4.78, 5) is 23.3. The van der Waals surface area contributed by atoms with Crippen LogP contribution in [0.5, 0.6) is 0 Å². The van der Waals surface area contributed by atoms with E-state index in [9.17, 15) is 9.59 Å². The Hall–Kier alpha value is -2.16. The molecule has 1 N–H and O–H groups in total. The molecular weight excluding hydrogens is 190 g/mol. The highest BCUT2D eigenvalue weighted by Gasteiger charge is 2.23. The molecule has 3 nitrogen and oxygen atoms in total. The van der Waals surface area contributed by atoms with Gasteiger partial charge in [0.1, 0.15) is 0 Å². The number of hydrogen-bond donors (Lipinski definition) is 1. The molecule has 72 valence electrons. The number of carbonyl (C=O) groups is 2. The second kappa shape index (κ2) is 2.67. The Bertz CT molecular complexity index is 640. The molecular formula is C12H7NO2. The number of hydrogen-bond acceptors (Lipinski definition) is 2. The number of rotatable bonds is 0. The van der Waals surface area contributed by atoms with Crippen molar-refractivity contribution in [3.63, 3.8) is 0 Å². The molecule has 2 aromatic carbocycles. The van der Waals surface area contributed by atoms with Crippen LogP contribution in [0, 0.1) is 0 Å². The molecule has 0 saturated heterocycles. The molecule has 1 aliphatic heterocycles. The lowest BCUT2D eigenvalue weighted by molar-refractivity contribution is 0.0845. The van der Waals surface area contributed by atoms with Gasteiger partial charge in [-0.1, -0.05) is 24.2 Å². The standard InChI is InChI=1S/C12H7NO2/c14-11-8-5-1-3-7-4-2-6-9(10(7)8)12(15)13-11/h1-6H,(H,13,14,15)/i3D,4D. The highest BCUT2D eigenvalue weighted by atomic mass is 16.2. The van der Waals surface area contributed by atoms with Crippen molar-refractivity contribution in [3.8, 4) is 0 Å². The van der Waals surface area contributed by atoms with Gasteiger partial charge in [-0.15, -0.1) is 0 Å². The lowest BCUT2D eigenvalue weighted by Crippen LogP contribution is -2.34. The van der Waals surface area contributed by atoms with Crippen LogP contribution in [0.4, 0.5) is 0 Å². The molecule has 15 heavy (non-hydrogen) atoms. The molecule has 0 atom stereocenters. The van der Waals surface area contributed by atoms with E-state index in [4.69, 9.17) is 2.74 Å². The van der Waals surface area contributed by atoms with Crippen LogP contribution in [-0.2, 0) is 0 Å². The molecule has 3 rings (SSSR count). The minimum atomic E-state index is -0.474. The van der Waals surface area contributed by atoms with Crippen molar-refractivity contribution >= 4 is 22.6 Å². The zero-order valence-electron chi connectivity index (χ0n) is 9.63. The SMILES string of the molecule is [2H]c1ccc2c3c(ccc([2H])c13)C(=O)NC2=O. The molecule has 1 heterocycles. The maximum Gasteiger partial charge on any atom is 0.258 e. The lowest BCUT2D eigenvalue weighted by Gasteiger charge is -2.15. The second-order valence-electron chi connectivity index (χ2n) is 3.32. The van der Waals surface area contributed by atoms with Crippen molar-refractivity contribution in [1.82, 2.24) is 5.32 Å². The molecule has 0 aromatic heterocycles. The van der Waals surface area contributed by atoms with E-state index in [1.807, 2.05) is 0 Å². The van der Waals surface area contributed by atoms with Gasteiger partial charge in [-0.3, -0.25) is 14.9 Å². The highest BCUT2D eigenvalue weighted by molar-refractivity contribution is 6.25. The van der Waals surface area contributed by atoms with Gasteiger partial charge in [-0.25, -0.2) is 0 Å². The first-order chi connectivity index (χ1) is 8.09. The fourth-order valence-electron chi connectivity index (χ4n) is 1.80. The smallest absolute Gasteiger partial charge is 0.258 e. The molecule has 0 fully saturated rings. The van der Waals surface area contributed by atoms with Gasteiger partial charge >= 0.3 is 0 Å². The average molecular weight is 199 g/mol. The Balaban J connectivity index is 2.61. The number of carbonyl (C=O) groups excluding carboxylic acids is 2. The van der Waals surface area contributed by atoms with Crippen LogP contribution >= 0.6 is 0 Å². The first kappa shape index (κ1) is 6.35. The number of imide groups is 1. The fraction of sp³-hybridized carbons (Fsp3) is 0. The summed E-state index contributed by atoms with van der Waals surface area (Å²) in [6, 6.07) is 6.25. The van der Waals surface area contributed by atoms with E-state index in [-0.39, 0.29) is 12.1 Å². The number of benzene rings is 2. The first-order valence-electron chi connectivity index (χ1n) is 5.48. The summed E-state index contributed by atoms with van der Waals surface area (Å²) in [5, 5.41) is 3.00. The zero-order chi connectivity index (χ0) is 12.2. The Morgan fingerprint density at radius 3 is 2.07 bits per heavy atom. The van der Waals surface area contributed by atoms with Crippen molar-refractivity contribution in [3.05, 3.63) is 47.5 Å². The average Bonchev–Trinajstić information content (AvgIpc) is 2.28. The van der Waals surface area contributed by atoms with Gasteiger partial charge in [-0.2, -0.15) is 0 Å². The molecule has 1 aliphatic rings. The maximum atomic E-state index is 11.7. The number of amides is 2. The van der Waals surface area contributed by atoms with Crippen LogP contribution in [0.2, 0.25) is 0 Å². The zero-order valence-corrected chi connectivity index (χ0v) is 7.63. The predicted octanol–water partition coefficient (Wildman–Crippen LogP) is 1.72. The maximum absolute atomic E-state index is 11.7. The van der Waals surface area contributed by atoms with Gasteiger partial charge in [0, 0.05) is 16.5 Å². The van der Waals surface area contributed by atoms with E-state index < -0.39 is 11.8 Å². The van der Waals surface area contributed by atoms with Crippen molar-refractivity contribution in [2.24, 2.45) is 0 Å². The highest BCUT2D eigenvalue weighted by Crippen LogP contribution is 2.25. The van der Waals surface area contributed by atoms with Gasteiger partial charge in [0.15, 0.2) is 0 Å². The summed E-state index contributed by atoms with van der Waals surface area (Å²) in [5.74, 6) is -0.948. The number of nitrogens with one attached hydrogen (secondary N) is 1. The van der Waals surface area contributed by atoms with Crippen LogP contribution in [0.25, 0.3) is 10.8 Å². The van der Waals surface area contributed by atoms with Crippen LogP contribution in [0.15, 0.2) is 36.4 Å². The molecule has 3 heteroatoms. The van der Waals surface area contributed by atoms with Gasteiger partial charge in [0.2, 0.25) is 0 Å². The summed E-state index contributed by atoms with van der Waals surface area (Å²) < 4.78 is 15.5. The second-order valence-corrected chi connectivity index (χ2v) is 3.32. The quantitative estimate of drug-likeness (QED) is 0.657. The minimum absolute atomic E-state index is 0.151. The van der Waals surface area contributed by atoms with Crippen molar-refractivity contribution in [2.45, 2.75) is 0 Å². The van der Waals surface area contributed by atoms with E-state index in [0.717, 1.165) is 0 Å². The third kappa shape index (κ3) is 1.00. The van der Waals surface area contributed by atoms with E-state index in [2.05, 4.69) is 5.32 Å². The predicted molar refractivity (Wildman–Crippen MR) is 55.7 cm³/mol. The Morgan fingerprint density at radius 1 is 1.00 bits per heavy atom. The fourth-order valence-corrected chi connectivity index (χ4v) is 1.80. The Kier molecular flexibility index (Phi) is 1.13. The van der Waals surface area contributed by atoms with Crippen LogP contribution in [0.3, 0.4) is 0 Å². The van der Waals surface area contributed by atoms with Crippen molar-refractivity contribution < 1.29 is 12.3 Å². The molecule has 0 radical (unpaired) electrons. The molecule has 2 amide bonds. The lowest BCUT2D eigenvalue weighted by atomic mass is 9.95. The Labute approximate surface area is 88.5 Å². The summed E-state index contributed by atoms with van der Waals surface area (Å²) in [6.07, 6.45) is 0. The summed E-state index contributed by atoms with van der Waals surface area (Å²) in [7, 11) is 0. The largest absolute Gasteiger partial charge is 0.288 e. The van der Waals surface area contributed by atoms with Gasteiger partial charge in [-0.05, 0) is 17.5 Å². The van der Waals surface area contributed by atoms with Crippen molar-refractivity contribution in [1.29, 1.82) is 0 Å². The molecule has 0 aliphatic carbocycles. The van der Waals surface area contributed by atoms with Gasteiger partial charge < -0.3 is 0 Å². The van der Waals surface area contributed by atoms with Crippen LogP contribution < -0.4 is 5.32 Å². The topological polar surface area (TPSA) is 46.2 Å². The summed E-state index contributed by atoms with van der Waals surface area (Å²) in [5.41, 5.74) is 0.694. The third-order valence-electron chi connectivity index (χ3n) is 2.46. The molecule has 0 spiro atoms. The molecule has 2 aromatic rings. The van der Waals surface area contributed by atoms with Crippen LogP contribution in [-0.4, -0.2) is 11.8 Å². The monoisotopic (exact) mass is 199 g/mol. The van der Waals surface area contributed by atoms with E-state index in [0.29, 0.717) is 21.9 Å². The first-order valence-corrected chi connectivity index (χ1v) is 4.48. The van der Waals surface area contributed by atoms with E-state index in [1.165, 1.54) is 24.3 Å². The minimum Gasteiger partial charge on any atom is -0.288 e. The summed E-state index contributed by atoms with van der Waals surface area (Å²) in [6.45, 7) is 0. The van der Waals surface area contributed by atoms with E-state index in [1.54, 1.807) is 0 Å². The molecule has 0 unspecified atom stereocenters. The van der Waals surface area contributed by atoms with Gasteiger partial charge in [0.05, 0.1) is 2.74 Å². The Morgan fingerprint density at radius 2 is 1.53 bits per heavy atom. The van der Waals surface area contributed by atoms with Crippen LogP contribution in [0.1, 0.15) is 23.5 Å². The third-order valence-corrected chi connectivity index (χ3v) is 2.46. The normalized spacial score (nSPS) is 16.0.